The predicted octanol–water partition coefficient (Wildman–Crippen LogP) is 3.53. The first-order valence-electron chi connectivity index (χ1n) is 7.86. The van der Waals surface area contributed by atoms with E-state index in [2.05, 4.69) is 18.4 Å². The summed E-state index contributed by atoms with van der Waals surface area (Å²) in [6, 6.07) is 5.97. The number of methoxy groups -OCH3 is 1. The monoisotopic (exact) mass is 289 g/mol. The fourth-order valence-electron chi connectivity index (χ4n) is 2.91. The molecule has 0 aromatic heterocycles. The molecule has 0 spiro atoms. The van der Waals surface area contributed by atoms with E-state index in [0.29, 0.717) is 0 Å². The van der Waals surface area contributed by atoms with Crippen LogP contribution in [-0.2, 0) is 6.42 Å². The minimum absolute atomic E-state index is 0.739. The second kappa shape index (κ2) is 8.08. The van der Waals surface area contributed by atoms with Gasteiger partial charge in [-0.05, 0) is 49.9 Å². The zero-order valence-electron chi connectivity index (χ0n) is 13.3. The second-order valence-electron chi connectivity index (χ2n) is 5.86. The Bertz CT molecular complexity index is 459. The largest absolute Gasteiger partial charge is 0.497 e. The third-order valence-electron chi connectivity index (χ3n) is 4.04. The molecule has 1 saturated heterocycles. The van der Waals surface area contributed by atoms with Crippen molar-refractivity contribution in [2.75, 3.05) is 33.4 Å². The average Bonchev–Trinajstić information content (AvgIpc) is 2.49. The lowest BCUT2D eigenvalue weighted by Crippen LogP contribution is -2.37. The molecule has 1 fully saturated rings. The highest BCUT2D eigenvalue weighted by molar-refractivity contribution is 5.41. The summed E-state index contributed by atoms with van der Waals surface area (Å²) in [5.41, 5.74) is 1.14. The molecule has 0 unspecified atom stereocenters. The van der Waals surface area contributed by atoms with E-state index in [0.717, 1.165) is 42.6 Å². The van der Waals surface area contributed by atoms with E-state index >= 15 is 0 Å². The van der Waals surface area contributed by atoms with Crippen LogP contribution in [0.3, 0.4) is 0 Å². The number of hydrogen-bond acceptors (Lipinski definition) is 3. The average molecular weight is 289 g/mol. The van der Waals surface area contributed by atoms with Crippen LogP contribution in [0.15, 0.2) is 30.9 Å². The van der Waals surface area contributed by atoms with Crippen molar-refractivity contribution in [3.8, 4) is 11.5 Å². The van der Waals surface area contributed by atoms with Gasteiger partial charge in [0.25, 0.3) is 0 Å². The Balaban J connectivity index is 1.88. The summed E-state index contributed by atoms with van der Waals surface area (Å²) >= 11 is 0. The second-order valence-corrected chi connectivity index (χ2v) is 5.86. The lowest BCUT2D eigenvalue weighted by atomic mass is 10.0. The molecular weight excluding hydrogens is 262 g/mol. The smallest absolute Gasteiger partial charge is 0.123 e. The van der Waals surface area contributed by atoms with Crippen molar-refractivity contribution in [1.29, 1.82) is 0 Å². The molecule has 0 N–H and O–H groups in total. The number of benzene rings is 1. The minimum atomic E-state index is 0.739. The number of nitrogens with zero attached hydrogens (tertiary/aromatic N) is 1. The third-order valence-corrected chi connectivity index (χ3v) is 4.04. The van der Waals surface area contributed by atoms with Gasteiger partial charge in [-0.3, -0.25) is 4.90 Å². The predicted molar refractivity (Wildman–Crippen MR) is 87.2 cm³/mol. The van der Waals surface area contributed by atoms with Crippen molar-refractivity contribution in [3.05, 3.63) is 36.4 Å². The molecular formula is C18H27NO2. The molecule has 1 aromatic carbocycles. The molecule has 0 saturated carbocycles. The molecule has 1 aromatic rings. The van der Waals surface area contributed by atoms with Crippen molar-refractivity contribution < 1.29 is 9.47 Å². The zero-order chi connectivity index (χ0) is 15.1. The number of ether oxygens (including phenoxy) is 2. The van der Waals surface area contributed by atoms with Crippen molar-refractivity contribution in [1.82, 2.24) is 4.90 Å². The van der Waals surface area contributed by atoms with Crippen LogP contribution < -0.4 is 9.47 Å². The van der Waals surface area contributed by atoms with E-state index in [1.165, 1.54) is 25.9 Å². The lowest BCUT2D eigenvalue weighted by Gasteiger charge is -2.30. The van der Waals surface area contributed by atoms with Crippen molar-refractivity contribution in [2.24, 2.45) is 5.92 Å². The molecule has 3 heteroatoms. The fourth-order valence-corrected chi connectivity index (χ4v) is 2.91. The summed E-state index contributed by atoms with van der Waals surface area (Å²) in [5, 5.41) is 0. The van der Waals surface area contributed by atoms with Crippen LogP contribution >= 0.6 is 0 Å². The highest BCUT2D eigenvalue weighted by Gasteiger charge is 2.15. The summed E-state index contributed by atoms with van der Waals surface area (Å²) in [5.74, 6) is 2.63. The molecule has 1 atom stereocenters. The number of allylic oxidation sites excluding steroid dienone is 1. The highest BCUT2D eigenvalue weighted by Crippen LogP contribution is 2.25. The maximum atomic E-state index is 5.98. The zero-order valence-corrected chi connectivity index (χ0v) is 13.3. The van der Waals surface area contributed by atoms with E-state index in [4.69, 9.17) is 9.47 Å². The van der Waals surface area contributed by atoms with Gasteiger partial charge in [-0.2, -0.15) is 0 Å². The summed E-state index contributed by atoms with van der Waals surface area (Å²) in [7, 11) is 1.69. The molecule has 1 aliphatic rings. The minimum Gasteiger partial charge on any atom is -0.497 e. The summed E-state index contributed by atoms with van der Waals surface area (Å²) < 4.78 is 11.3. The van der Waals surface area contributed by atoms with Gasteiger partial charge in [0.1, 0.15) is 18.1 Å². The Hall–Kier alpha value is -1.48. The molecule has 0 bridgehead atoms. The van der Waals surface area contributed by atoms with E-state index < -0.39 is 0 Å². The van der Waals surface area contributed by atoms with Gasteiger partial charge in [0.2, 0.25) is 0 Å². The van der Waals surface area contributed by atoms with E-state index in [9.17, 15) is 0 Å². The first kappa shape index (κ1) is 15.9. The maximum Gasteiger partial charge on any atom is 0.123 e. The van der Waals surface area contributed by atoms with Crippen LogP contribution in [0.25, 0.3) is 0 Å². The van der Waals surface area contributed by atoms with E-state index in [-0.39, 0.29) is 0 Å². The van der Waals surface area contributed by atoms with E-state index in [1.807, 2.05) is 24.3 Å². The Morgan fingerprint density at radius 3 is 3.00 bits per heavy atom. The molecule has 1 aliphatic heterocycles. The number of piperidine rings is 1. The van der Waals surface area contributed by atoms with Gasteiger partial charge >= 0.3 is 0 Å². The number of hydrogen-bond donors (Lipinski definition) is 0. The van der Waals surface area contributed by atoms with Crippen molar-refractivity contribution in [2.45, 2.75) is 26.2 Å². The Labute approximate surface area is 128 Å². The Kier molecular flexibility index (Phi) is 6.12. The van der Waals surface area contributed by atoms with E-state index in [1.54, 1.807) is 7.11 Å². The molecule has 1 heterocycles. The third kappa shape index (κ3) is 4.78. The van der Waals surface area contributed by atoms with Crippen LogP contribution in [0, 0.1) is 5.92 Å². The van der Waals surface area contributed by atoms with Crippen LogP contribution in [0.2, 0.25) is 0 Å². The molecule has 116 valence electrons. The van der Waals surface area contributed by atoms with Gasteiger partial charge in [0.15, 0.2) is 0 Å². The first-order valence-corrected chi connectivity index (χ1v) is 7.86. The lowest BCUT2D eigenvalue weighted by molar-refractivity contribution is 0.153. The van der Waals surface area contributed by atoms with Crippen LogP contribution in [0.5, 0.6) is 11.5 Å². The quantitative estimate of drug-likeness (QED) is 0.717. The summed E-state index contributed by atoms with van der Waals surface area (Å²) in [6.07, 6.45) is 5.37. The molecule has 0 amide bonds. The molecule has 21 heavy (non-hydrogen) atoms. The van der Waals surface area contributed by atoms with Gasteiger partial charge in [0.05, 0.1) is 7.11 Å². The van der Waals surface area contributed by atoms with Gasteiger partial charge in [-0.15, -0.1) is 6.58 Å². The standard InChI is InChI=1S/C18H27NO2/c1-4-6-16-13-17(20-3)8-9-18(16)21-12-11-19-10-5-7-15(2)14-19/h4,8-9,13,15H,1,5-7,10-12,14H2,2-3H3/t15-/m0/s1. The van der Waals surface area contributed by atoms with Crippen LogP contribution in [-0.4, -0.2) is 38.3 Å². The molecule has 3 nitrogen and oxygen atoms in total. The molecule has 2 rings (SSSR count). The SMILES string of the molecule is C=CCc1cc(OC)ccc1OCCN1CCC[C@H](C)C1. The van der Waals surface area contributed by atoms with Crippen molar-refractivity contribution >= 4 is 0 Å². The van der Waals surface area contributed by atoms with Gasteiger partial charge < -0.3 is 9.47 Å². The molecule has 0 radical (unpaired) electrons. The number of rotatable bonds is 7. The topological polar surface area (TPSA) is 21.7 Å². The molecule has 0 aliphatic carbocycles. The van der Waals surface area contributed by atoms with Gasteiger partial charge in [0, 0.05) is 18.7 Å². The Morgan fingerprint density at radius 1 is 1.43 bits per heavy atom. The van der Waals surface area contributed by atoms with Crippen molar-refractivity contribution in [3.63, 3.8) is 0 Å². The number of likely N-dealkylation sites (tertiary alicyclic amines) is 1. The summed E-state index contributed by atoms with van der Waals surface area (Å²) in [4.78, 5) is 2.50. The van der Waals surface area contributed by atoms with Crippen LogP contribution in [0.4, 0.5) is 0 Å². The maximum absolute atomic E-state index is 5.98. The highest BCUT2D eigenvalue weighted by atomic mass is 16.5. The normalized spacial score (nSPS) is 19.2. The van der Waals surface area contributed by atoms with Gasteiger partial charge in [-0.1, -0.05) is 13.0 Å². The van der Waals surface area contributed by atoms with Gasteiger partial charge in [-0.25, -0.2) is 0 Å². The first-order chi connectivity index (χ1) is 10.2. The Morgan fingerprint density at radius 2 is 2.29 bits per heavy atom. The fraction of sp³-hybridized carbons (Fsp3) is 0.556. The van der Waals surface area contributed by atoms with Crippen LogP contribution in [0.1, 0.15) is 25.3 Å². The summed E-state index contributed by atoms with van der Waals surface area (Å²) in [6.45, 7) is 10.3.